The average Bonchev–Trinajstić information content (AvgIpc) is 3.06. The molecule has 0 unspecified atom stereocenters. The highest BCUT2D eigenvalue weighted by Crippen LogP contribution is 2.30. The number of amides is 3. The van der Waals surface area contributed by atoms with Gasteiger partial charge in [0.25, 0.3) is 5.91 Å². The first-order valence-corrected chi connectivity index (χ1v) is 9.80. The molecule has 1 aliphatic rings. The molecule has 6 heteroatoms. The second-order valence-corrected chi connectivity index (χ2v) is 8.93. The molecule has 1 aliphatic heterocycles. The predicted octanol–water partition coefficient (Wildman–Crippen LogP) is 4.14. The third-order valence-electron chi connectivity index (χ3n) is 5.07. The van der Waals surface area contributed by atoms with Crippen molar-refractivity contribution in [1.29, 1.82) is 0 Å². The van der Waals surface area contributed by atoms with E-state index in [0.717, 1.165) is 20.2 Å². The fourth-order valence-corrected chi connectivity index (χ4v) is 4.32. The van der Waals surface area contributed by atoms with Gasteiger partial charge in [-0.15, -0.1) is 11.3 Å². The molecule has 0 saturated carbocycles. The van der Waals surface area contributed by atoms with Crippen LogP contribution < -0.4 is 5.32 Å². The molecule has 1 saturated heterocycles. The quantitative estimate of drug-likeness (QED) is 0.622. The van der Waals surface area contributed by atoms with Crippen LogP contribution in [0.1, 0.15) is 57.9 Å². The van der Waals surface area contributed by atoms with Gasteiger partial charge in [0.15, 0.2) is 5.78 Å². The van der Waals surface area contributed by atoms with Crippen molar-refractivity contribution in [3.8, 4) is 0 Å². The van der Waals surface area contributed by atoms with Gasteiger partial charge in [0.2, 0.25) is 0 Å². The normalized spacial score (nSPS) is 19.7. The van der Waals surface area contributed by atoms with Crippen molar-refractivity contribution in [2.24, 2.45) is 0 Å². The first kappa shape index (κ1) is 19.3. The summed E-state index contributed by atoms with van der Waals surface area (Å²) >= 11 is 1.53. The van der Waals surface area contributed by atoms with Crippen molar-refractivity contribution in [3.63, 3.8) is 0 Å². The van der Waals surface area contributed by atoms with E-state index in [1.807, 2.05) is 44.2 Å². The molecule has 0 bridgehead atoms. The predicted molar refractivity (Wildman–Crippen MR) is 106 cm³/mol. The minimum atomic E-state index is -1.16. The molecule has 0 spiro atoms. The van der Waals surface area contributed by atoms with Gasteiger partial charge in [0, 0.05) is 15.3 Å². The van der Waals surface area contributed by atoms with Gasteiger partial charge in [-0.1, -0.05) is 38.1 Å². The Labute approximate surface area is 163 Å². The molecule has 1 aromatic carbocycles. The number of urea groups is 1. The van der Waals surface area contributed by atoms with E-state index in [0.29, 0.717) is 17.0 Å². The zero-order valence-electron chi connectivity index (χ0n) is 16.3. The number of carbonyl (C=O) groups excluding carboxylic acids is 3. The SMILES string of the molecule is Cc1cc(C(=O)CN2C(=O)N[C@](C)(c3ccc(C(C)C)cc3)C2=O)c(C)s1. The number of aryl methyl sites for hydroxylation is 2. The molecule has 1 fully saturated rings. The molecule has 2 heterocycles. The lowest BCUT2D eigenvalue weighted by atomic mass is 9.90. The van der Waals surface area contributed by atoms with Crippen molar-refractivity contribution in [1.82, 2.24) is 10.2 Å². The Morgan fingerprint density at radius 2 is 1.81 bits per heavy atom. The van der Waals surface area contributed by atoms with Crippen LogP contribution in [0, 0.1) is 13.8 Å². The maximum Gasteiger partial charge on any atom is 0.325 e. The van der Waals surface area contributed by atoms with Gasteiger partial charge in [-0.3, -0.25) is 14.5 Å². The summed E-state index contributed by atoms with van der Waals surface area (Å²) in [5.41, 5.74) is 1.29. The van der Waals surface area contributed by atoms with E-state index in [-0.39, 0.29) is 12.3 Å². The fourth-order valence-electron chi connectivity index (χ4n) is 3.37. The molecule has 27 heavy (non-hydrogen) atoms. The highest BCUT2D eigenvalue weighted by molar-refractivity contribution is 7.12. The number of thiophene rings is 1. The van der Waals surface area contributed by atoms with Crippen LogP contribution in [0.3, 0.4) is 0 Å². The first-order valence-electron chi connectivity index (χ1n) is 8.98. The molecule has 0 radical (unpaired) electrons. The minimum absolute atomic E-state index is 0.222. The molecular formula is C21H24N2O3S. The number of nitrogens with zero attached hydrogens (tertiary/aromatic N) is 1. The summed E-state index contributed by atoms with van der Waals surface area (Å²) < 4.78 is 0. The molecule has 0 aliphatic carbocycles. The molecular weight excluding hydrogens is 360 g/mol. The number of hydrogen-bond acceptors (Lipinski definition) is 4. The largest absolute Gasteiger partial charge is 0.325 e. The van der Waals surface area contributed by atoms with Gasteiger partial charge in [-0.25, -0.2) is 4.79 Å². The van der Waals surface area contributed by atoms with E-state index in [4.69, 9.17) is 0 Å². The van der Waals surface area contributed by atoms with Gasteiger partial charge >= 0.3 is 6.03 Å². The van der Waals surface area contributed by atoms with Crippen LogP contribution in [-0.2, 0) is 10.3 Å². The first-order chi connectivity index (χ1) is 12.6. The van der Waals surface area contributed by atoms with Crippen molar-refractivity contribution >= 4 is 29.1 Å². The molecule has 1 aromatic heterocycles. The highest BCUT2D eigenvalue weighted by Gasteiger charge is 2.49. The second kappa shape index (κ2) is 6.93. The number of ketones is 1. The minimum Gasteiger partial charge on any atom is -0.319 e. The van der Waals surface area contributed by atoms with Crippen molar-refractivity contribution in [3.05, 3.63) is 56.8 Å². The smallest absolute Gasteiger partial charge is 0.319 e. The van der Waals surface area contributed by atoms with E-state index < -0.39 is 17.5 Å². The monoisotopic (exact) mass is 384 g/mol. The number of benzene rings is 1. The van der Waals surface area contributed by atoms with Gasteiger partial charge < -0.3 is 5.32 Å². The second-order valence-electron chi connectivity index (χ2n) is 7.47. The van der Waals surface area contributed by atoms with Crippen LogP contribution in [0.15, 0.2) is 30.3 Å². The van der Waals surface area contributed by atoms with Crippen LogP contribution in [0.5, 0.6) is 0 Å². The molecule has 5 nitrogen and oxygen atoms in total. The van der Waals surface area contributed by atoms with Crippen LogP contribution in [0.25, 0.3) is 0 Å². The summed E-state index contributed by atoms with van der Waals surface area (Å²) in [5.74, 6) is -0.241. The van der Waals surface area contributed by atoms with E-state index in [1.54, 1.807) is 6.92 Å². The lowest BCUT2D eigenvalue weighted by Gasteiger charge is -2.22. The molecule has 3 amide bonds. The Morgan fingerprint density at radius 1 is 1.19 bits per heavy atom. The van der Waals surface area contributed by atoms with E-state index in [1.165, 1.54) is 11.3 Å². The summed E-state index contributed by atoms with van der Waals surface area (Å²) in [6.45, 7) is 9.43. The Hall–Kier alpha value is -2.47. The summed E-state index contributed by atoms with van der Waals surface area (Å²) in [4.78, 5) is 41.0. The van der Waals surface area contributed by atoms with Crippen molar-refractivity contribution in [2.45, 2.75) is 46.1 Å². The number of nitrogens with one attached hydrogen (secondary N) is 1. The number of Topliss-reactive ketones (excluding diaryl/α,β-unsaturated/α-hetero) is 1. The van der Waals surface area contributed by atoms with Crippen molar-refractivity contribution < 1.29 is 14.4 Å². The molecule has 1 N–H and O–H groups in total. The van der Waals surface area contributed by atoms with Gasteiger partial charge in [0.1, 0.15) is 5.54 Å². The zero-order valence-corrected chi connectivity index (χ0v) is 17.1. The highest BCUT2D eigenvalue weighted by atomic mass is 32.1. The summed E-state index contributed by atoms with van der Waals surface area (Å²) in [7, 11) is 0. The lowest BCUT2D eigenvalue weighted by molar-refractivity contribution is -0.130. The summed E-state index contributed by atoms with van der Waals surface area (Å²) in [5, 5.41) is 2.76. The Kier molecular flexibility index (Phi) is 4.95. The Balaban J connectivity index is 1.83. The summed E-state index contributed by atoms with van der Waals surface area (Å²) in [6.07, 6.45) is 0. The number of rotatable bonds is 5. The van der Waals surface area contributed by atoms with Gasteiger partial charge in [0.05, 0.1) is 6.54 Å². The standard InChI is InChI=1S/C21H24N2O3S/c1-12(2)15-6-8-16(9-7-15)21(5)19(25)23(20(26)22-21)11-18(24)17-10-13(3)27-14(17)4/h6-10,12H,11H2,1-5H3,(H,22,26)/t21-/m1/s1. The number of carbonyl (C=O) groups is 3. The Bertz CT molecular complexity index is 914. The molecule has 142 valence electrons. The molecule has 1 atom stereocenters. The van der Waals surface area contributed by atoms with Crippen LogP contribution in [0.2, 0.25) is 0 Å². The van der Waals surface area contributed by atoms with E-state index >= 15 is 0 Å². The lowest BCUT2D eigenvalue weighted by Crippen LogP contribution is -2.41. The van der Waals surface area contributed by atoms with Gasteiger partial charge in [-0.2, -0.15) is 0 Å². The van der Waals surface area contributed by atoms with Crippen LogP contribution >= 0.6 is 11.3 Å². The average molecular weight is 385 g/mol. The summed E-state index contributed by atoms with van der Waals surface area (Å²) in [6, 6.07) is 8.95. The topological polar surface area (TPSA) is 66.5 Å². The number of hydrogen-bond donors (Lipinski definition) is 1. The van der Waals surface area contributed by atoms with Crippen LogP contribution in [-0.4, -0.2) is 29.2 Å². The van der Waals surface area contributed by atoms with Crippen molar-refractivity contribution in [2.75, 3.05) is 6.54 Å². The fraction of sp³-hybridized carbons (Fsp3) is 0.381. The Morgan fingerprint density at radius 3 is 2.33 bits per heavy atom. The van der Waals surface area contributed by atoms with Gasteiger partial charge in [-0.05, 0) is 43.9 Å². The van der Waals surface area contributed by atoms with Crippen LogP contribution in [0.4, 0.5) is 4.79 Å². The third kappa shape index (κ3) is 3.41. The maximum atomic E-state index is 13.0. The maximum absolute atomic E-state index is 13.0. The molecule has 2 aromatic rings. The van der Waals surface area contributed by atoms with E-state index in [2.05, 4.69) is 19.2 Å². The third-order valence-corrected chi connectivity index (χ3v) is 6.04. The number of imide groups is 1. The molecule has 3 rings (SSSR count). The zero-order chi connectivity index (χ0) is 19.9. The van der Waals surface area contributed by atoms with E-state index in [9.17, 15) is 14.4 Å².